The van der Waals surface area contributed by atoms with E-state index in [9.17, 15) is 19.4 Å². The number of nitrogens with two attached hydrogens (primary N) is 1. The van der Waals surface area contributed by atoms with Gasteiger partial charge in [-0.2, -0.15) is 0 Å². The highest BCUT2D eigenvalue weighted by molar-refractivity contribution is 6.01. The minimum atomic E-state index is -1.06. The number of carbonyl (C=O) groups is 1. The van der Waals surface area contributed by atoms with Crippen LogP contribution in [0.4, 0.5) is 4.39 Å². The predicted octanol–water partition coefficient (Wildman–Crippen LogP) is 3.60. The number of benzene rings is 2. The fourth-order valence-corrected chi connectivity index (χ4v) is 4.03. The largest absolute Gasteiger partial charge is 0.392 e. The van der Waals surface area contributed by atoms with E-state index in [2.05, 4.69) is 28.7 Å². The van der Waals surface area contributed by atoms with Crippen molar-refractivity contribution in [2.75, 3.05) is 7.05 Å². The first-order valence-corrected chi connectivity index (χ1v) is 11.2. The van der Waals surface area contributed by atoms with Crippen molar-refractivity contribution in [3.8, 4) is 11.1 Å². The summed E-state index contributed by atoms with van der Waals surface area (Å²) in [6.45, 7) is 4.14. The molecule has 0 bridgehead atoms. The quantitative estimate of drug-likeness (QED) is 0.300. The van der Waals surface area contributed by atoms with Crippen LogP contribution in [0.2, 0.25) is 0 Å². The Morgan fingerprint density at radius 2 is 1.85 bits per heavy atom. The molecule has 0 saturated carbocycles. The number of amides is 1. The molecule has 180 valence electrons. The van der Waals surface area contributed by atoms with Crippen LogP contribution in [0, 0.1) is 5.82 Å². The standard InChI is InChI=1S/C26H31FN4O3/c1-16(2)31-22-7-5-4-6-21(22)25(17-8-10-18(27)11-9-17)23(31)13-12-19(32)14-20(33)15-24(34)30-26(28)29-3/h4-13,16,19-20,32-33H,14-15H2,1-3H3,(H3,28,29,30,34)/t19-,20-/m0/s1. The molecular formula is C26H31FN4O3. The minimum Gasteiger partial charge on any atom is -0.392 e. The van der Waals surface area contributed by atoms with Crippen LogP contribution in [-0.4, -0.2) is 45.9 Å². The van der Waals surface area contributed by atoms with Crippen molar-refractivity contribution in [1.29, 1.82) is 0 Å². The zero-order valence-electron chi connectivity index (χ0n) is 19.6. The summed E-state index contributed by atoms with van der Waals surface area (Å²) in [6.07, 6.45) is 1.13. The maximum atomic E-state index is 13.6. The second kappa shape index (κ2) is 11.1. The Kier molecular flexibility index (Phi) is 8.20. The Morgan fingerprint density at radius 3 is 2.50 bits per heavy atom. The van der Waals surface area contributed by atoms with Gasteiger partial charge >= 0.3 is 0 Å². The number of carbonyl (C=O) groups excluding carboxylic acids is 1. The van der Waals surface area contributed by atoms with Crippen molar-refractivity contribution in [1.82, 2.24) is 9.88 Å². The number of guanidine groups is 1. The van der Waals surface area contributed by atoms with E-state index in [1.165, 1.54) is 19.2 Å². The van der Waals surface area contributed by atoms with E-state index < -0.39 is 18.1 Å². The molecule has 3 aromatic rings. The zero-order chi connectivity index (χ0) is 24.8. The van der Waals surface area contributed by atoms with Gasteiger partial charge < -0.3 is 20.5 Å². The molecule has 34 heavy (non-hydrogen) atoms. The maximum absolute atomic E-state index is 13.6. The summed E-state index contributed by atoms with van der Waals surface area (Å²) in [4.78, 5) is 15.5. The molecular weight excluding hydrogens is 435 g/mol. The molecule has 5 N–H and O–H groups in total. The summed E-state index contributed by atoms with van der Waals surface area (Å²) in [7, 11) is 1.44. The van der Waals surface area contributed by atoms with Gasteiger partial charge in [0.25, 0.3) is 0 Å². The van der Waals surface area contributed by atoms with Crippen molar-refractivity contribution in [2.45, 2.75) is 44.9 Å². The summed E-state index contributed by atoms with van der Waals surface area (Å²) in [6, 6.07) is 14.4. The van der Waals surface area contributed by atoms with Crippen molar-refractivity contribution < 1.29 is 19.4 Å². The Morgan fingerprint density at radius 1 is 1.18 bits per heavy atom. The number of para-hydroxylation sites is 1. The second-order valence-electron chi connectivity index (χ2n) is 8.43. The van der Waals surface area contributed by atoms with E-state index in [-0.39, 0.29) is 30.7 Å². The smallest absolute Gasteiger partial charge is 0.229 e. The van der Waals surface area contributed by atoms with E-state index in [4.69, 9.17) is 5.73 Å². The Labute approximate surface area is 198 Å². The van der Waals surface area contributed by atoms with E-state index in [0.29, 0.717) is 0 Å². The van der Waals surface area contributed by atoms with Crippen LogP contribution in [-0.2, 0) is 4.79 Å². The van der Waals surface area contributed by atoms with Crippen LogP contribution in [0.1, 0.15) is 38.4 Å². The summed E-state index contributed by atoms with van der Waals surface area (Å²) in [5, 5.41) is 24.1. The second-order valence-corrected chi connectivity index (χ2v) is 8.43. The van der Waals surface area contributed by atoms with Gasteiger partial charge in [0.2, 0.25) is 5.91 Å². The molecule has 8 heteroatoms. The van der Waals surface area contributed by atoms with Crippen LogP contribution >= 0.6 is 0 Å². The molecule has 0 saturated heterocycles. The van der Waals surface area contributed by atoms with E-state index in [1.54, 1.807) is 18.2 Å². The van der Waals surface area contributed by atoms with Gasteiger partial charge in [-0.05, 0) is 43.7 Å². The number of nitrogens with one attached hydrogen (secondary N) is 1. The van der Waals surface area contributed by atoms with Gasteiger partial charge in [-0.25, -0.2) is 4.39 Å². The number of hydrogen-bond donors (Lipinski definition) is 4. The SMILES string of the molecule is CN=C(N)NC(=O)C[C@@H](O)C[C@@H](O)C=Cc1c(-c2ccc(F)cc2)c2ccccc2n1C(C)C. The summed E-state index contributed by atoms with van der Waals surface area (Å²) in [5.41, 5.74) is 9.14. The van der Waals surface area contributed by atoms with Crippen molar-refractivity contribution >= 4 is 28.8 Å². The van der Waals surface area contributed by atoms with E-state index in [1.807, 2.05) is 30.3 Å². The monoisotopic (exact) mass is 466 g/mol. The third kappa shape index (κ3) is 5.89. The van der Waals surface area contributed by atoms with Gasteiger partial charge in [0.1, 0.15) is 5.82 Å². The molecule has 7 nitrogen and oxygen atoms in total. The number of fused-ring (bicyclic) bond motifs is 1. The lowest BCUT2D eigenvalue weighted by molar-refractivity contribution is -0.121. The molecule has 1 aromatic heterocycles. The highest BCUT2D eigenvalue weighted by Gasteiger charge is 2.19. The van der Waals surface area contributed by atoms with Gasteiger partial charge in [0.05, 0.1) is 18.6 Å². The van der Waals surface area contributed by atoms with Gasteiger partial charge in [-0.3, -0.25) is 15.1 Å². The van der Waals surface area contributed by atoms with Gasteiger partial charge in [0.15, 0.2) is 5.96 Å². The summed E-state index contributed by atoms with van der Waals surface area (Å²) in [5.74, 6) is -0.827. The molecule has 1 amide bonds. The zero-order valence-corrected chi connectivity index (χ0v) is 19.6. The van der Waals surface area contributed by atoms with Gasteiger partial charge in [0, 0.05) is 41.7 Å². The first-order chi connectivity index (χ1) is 16.2. The van der Waals surface area contributed by atoms with Crippen molar-refractivity contribution in [3.05, 3.63) is 66.1 Å². The topological polar surface area (TPSA) is 113 Å². The van der Waals surface area contributed by atoms with Crippen LogP contribution in [0.3, 0.4) is 0 Å². The molecule has 2 atom stereocenters. The normalized spacial score (nSPS) is 14.1. The van der Waals surface area contributed by atoms with Gasteiger partial charge in [-0.1, -0.05) is 36.4 Å². The molecule has 0 aliphatic rings. The van der Waals surface area contributed by atoms with Crippen LogP contribution in [0.15, 0.2) is 59.6 Å². The molecule has 1 heterocycles. The minimum absolute atomic E-state index is 0.0269. The number of halogens is 1. The number of nitrogens with zero attached hydrogens (tertiary/aromatic N) is 2. The molecule has 0 radical (unpaired) electrons. The first-order valence-electron chi connectivity index (χ1n) is 11.2. The third-order valence-corrected chi connectivity index (χ3v) is 5.52. The fraction of sp³-hybridized carbons (Fsp3) is 0.308. The fourth-order valence-electron chi connectivity index (χ4n) is 4.03. The molecule has 0 spiro atoms. The lowest BCUT2D eigenvalue weighted by Crippen LogP contribution is -2.38. The van der Waals surface area contributed by atoms with Crippen LogP contribution in [0.25, 0.3) is 28.1 Å². The molecule has 0 aliphatic carbocycles. The highest BCUT2D eigenvalue weighted by atomic mass is 19.1. The summed E-state index contributed by atoms with van der Waals surface area (Å²) >= 11 is 0. The lowest BCUT2D eigenvalue weighted by atomic mass is 10.0. The number of aromatic nitrogens is 1. The Bertz CT molecular complexity index is 1200. The highest BCUT2D eigenvalue weighted by Crippen LogP contribution is 2.38. The number of rotatable bonds is 8. The number of aliphatic hydroxyl groups excluding tert-OH is 2. The Hall–Kier alpha value is -3.49. The lowest BCUT2D eigenvalue weighted by Gasteiger charge is -2.15. The van der Waals surface area contributed by atoms with Crippen LogP contribution < -0.4 is 11.1 Å². The van der Waals surface area contributed by atoms with Crippen molar-refractivity contribution in [2.24, 2.45) is 10.7 Å². The average Bonchev–Trinajstić information content (AvgIpc) is 3.12. The average molecular weight is 467 g/mol. The number of aliphatic imine (C=N–C) groups is 1. The van der Waals surface area contributed by atoms with Crippen LogP contribution in [0.5, 0.6) is 0 Å². The first kappa shape index (κ1) is 25.1. The molecule has 3 rings (SSSR count). The molecule has 0 aliphatic heterocycles. The van der Waals surface area contributed by atoms with Gasteiger partial charge in [-0.15, -0.1) is 0 Å². The summed E-state index contributed by atoms with van der Waals surface area (Å²) < 4.78 is 15.7. The van der Waals surface area contributed by atoms with Crippen molar-refractivity contribution in [3.63, 3.8) is 0 Å². The van der Waals surface area contributed by atoms with E-state index >= 15 is 0 Å². The molecule has 2 aromatic carbocycles. The predicted molar refractivity (Wildman–Crippen MR) is 134 cm³/mol. The van der Waals surface area contributed by atoms with E-state index in [0.717, 1.165) is 27.7 Å². The number of aliphatic hydroxyl groups is 2. The molecule has 0 fully saturated rings. The Balaban J connectivity index is 1.91. The maximum Gasteiger partial charge on any atom is 0.229 e. The molecule has 0 unspecified atom stereocenters. The third-order valence-electron chi connectivity index (χ3n) is 5.52. The number of hydrogen-bond acceptors (Lipinski definition) is 4.